The number of carbonyl (C=O) groups excluding carboxylic acids is 2. The number of pyridine rings is 1. The number of nitrogens with zero attached hydrogens (tertiary/aromatic N) is 4. The molecule has 0 saturated carbocycles. The zero-order valence-electron chi connectivity index (χ0n) is 18.8. The third-order valence-corrected chi connectivity index (χ3v) is 5.68. The number of rotatable bonds is 11. The highest BCUT2D eigenvalue weighted by molar-refractivity contribution is 5.95. The summed E-state index contributed by atoms with van der Waals surface area (Å²) in [6.45, 7) is 9.16. The largest absolute Gasteiger partial charge is 0.377 e. The third-order valence-electron chi connectivity index (χ3n) is 5.68. The number of hydrogen-bond donors (Lipinski definition) is 1. The summed E-state index contributed by atoms with van der Waals surface area (Å²) in [6.07, 6.45) is 9.93. The summed E-state index contributed by atoms with van der Waals surface area (Å²) in [5.41, 5.74) is 2.38. The van der Waals surface area contributed by atoms with E-state index in [0.29, 0.717) is 44.8 Å². The molecule has 0 unspecified atom stereocenters. The van der Waals surface area contributed by atoms with Gasteiger partial charge < -0.3 is 19.5 Å². The molecular weight excluding hydrogens is 406 g/mol. The molecule has 0 radical (unpaired) electrons. The normalized spacial score (nSPS) is 14.3. The minimum Gasteiger partial charge on any atom is -0.377 e. The Hall–Kier alpha value is -3.00. The van der Waals surface area contributed by atoms with Gasteiger partial charge in [-0.1, -0.05) is 6.08 Å². The predicted octanol–water partition coefficient (Wildman–Crippen LogP) is 2.71. The summed E-state index contributed by atoms with van der Waals surface area (Å²) in [6, 6.07) is 3.75. The standard InChI is InChI=1S/C24H33N5O3/c1-3-16-32-17-9-22(30)29-13-7-20(8-14-29)23-21(6-5-19(2)27-23)24(31)26-10-4-12-28-15-11-25-18-28/h3,5-6,11,15,18,20H,1,4,7-10,12-14,16-17H2,2H3,(H,26,31). The number of hydrogen-bond acceptors (Lipinski definition) is 5. The van der Waals surface area contributed by atoms with Crippen LogP contribution in [0.25, 0.3) is 0 Å². The molecule has 1 aliphatic rings. The van der Waals surface area contributed by atoms with Crippen LogP contribution in [0.15, 0.2) is 43.5 Å². The van der Waals surface area contributed by atoms with E-state index in [0.717, 1.165) is 37.2 Å². The molecule has 1 saturated heterocycles. The zero-order valence-corrected chi connectivity index (χ0v) is 18.8. The maximum Gasteiger partial charge on any atom is 0.253 e. The van der Waals surface area contributed by atoms with Gasteiger partial charge in [0, 0.05) is 50.2 Å². The zero-order chi connectivity index (χ0) is 22.8. The van der Waals surface area contributed by atoms with Crippen molar-refractivity contribution in [3.05, 3.63) is 60.5 Å². The molecule has 2 amide bonds. The van der Waals surface area contributed by atoms with Crippen molar-refractivity contribution >= 4 is 11.8 Å². The fraction of sp³-hybridized carbons (Fsp3) is 0.500. The lowest BCUT2D eigenvalue weighted by Gasteiger charge is -2.32. The number of ether oxygens (including phenoxy) is 1. The summed E-state index contributed by atoms with van der Waals surface area (Å²) in [5.74, 6) is 0.194. The number of aryl methyl sites for hydroxylation is 2. The lowest BCUT2D eigenvalue weighted by atomic mass is 9.89. The summed E-state index contributed by atoms with van der Waals surface area (Å²) in [7, 11) is 0. The topological polar surface area (TPSA) is 89.4 Å². The average Bonchev–Trinajstić information content (AvgIpc) is 3.33. The van der Waals surface area contributed by atoms with Gasteiger partial charge in [0.15, 0.2) is 0 Å². The molecule has 2 aromatic heterocycles. The highest BCUT2D eigenvalue weighted by atomic mass is 16.5. The van der Waals surface area contributed by atoms with Crippen molar-refractivity contribution < 1.29 is 14.3 Å². The average molecular weight is 440 g/mol. The fourth-order valence-electron chi connectivity index (χ4n) is 3.94. The van der Waals surface area contributed by atoms with Crippen LogP contribution in [-0.2, 0) is 16.1 Å². The summed E-state index contributed by atoms with van der Waals surface area (Å²) in [5, 5.41) is 3.02. The van der Waals surface area contributed by atoms with Gasteiger partial charge >= 0.3 is 0 Å². The Labute approximate surface area is 189 Å². The first kappa shape index (κ1) is 23.7. The van der Waals surface area contributed by atoms with Crippen molar-refractivity contribution in [2.45, 2.75) is 45.1 Å². The van der Waals surface area contributed by atoms with Crippen LogP contribution < -0.4 is 5.32 Å². The van der Waals surface area contributed by atoms with Crippen molar-refractivity contribution in [3.63, 3.8) is 0 Å². The molecule has 3 rings (SSSR count). The van der Waals surface area contributed by atoms with Gasteiger partial charge in [0.1, 0.15) is 0 Å². The van der Waals surface area contributed by atoms with E-state index in [1.54, 1.807) is 18.6 Å². The van der Waals surface area contributed by atoms with Crippen LogP contribution >= 0.6 is 0 Å². The Bertz CT molecular complexity index is 889. The molecule has 0 aromatic carbocycles. The molecule has 32 heavy (non-hydrogen) atoms. The Morgan fingerprint density at radius 3 is 2.84 bits per heavy atom. The Morgan fingerprint density at radius 2 is 2.12 bits per heavy atom. The van der Waals surface area contributed by atoms with Gasteiger partial charge in [-0.2, -0.15) is 0 Å². The van der Waals surface area contributed by atoms with Crippen molar-refractivity contribution in [2.24, 2.45) is 0 Å². The number of aromatic nitrogens is 3. The first-order chi connectivity index (χ1) is 15.6. The van der Waals surface area contributed by atoms with Crippen LogP contribution in [0.2, 0.25) is 0 Å². The lowest BCUT2D eigenvalue weighted by Crippen LogP contribution is -2.39. The van der Waals surface area contributed by atoms with Crippen LogP contribution in [-0.4, -0.2) is 64.1 Å². The molecule has 8 nitrogen and oxygen atoms in total. The Morgan fingerprint density at radius 1 is 1.31 bits per heavy atom. The molecule has 1 N–H and O–H groups in total. The molecule has 0 spiro atoms. The van der Waals surface area contributed by atoms with Gasteiger partial charge in [-0.15, -0.1) is 6.58 Å². The van der Waals surface area contributed by atoms with Gasteiger partial charge in [0.05, 0.1) is 37.2 Å². The van der Waals surface area contributed by atoms with Gasteiger partial charge in [-0.3, -0.25) is 14.6 Å². The highest BCUT2D eigenvalue weighted by Gasteiger charge is 2.27. The number of nitrogens with one attached hydrogen (secondary N) is 1. The summed E-state index contributed by atoms with van der Waals surface area (Å²) >= 11 is 0. The Kier molecular flexibility index (Phi) is 8.98. The smallest absolute Gasteiger partial charge is 0.253 e. The van der Waals surface area contributed by atoms with Gasteiger partial charge in [-0.25, -0.2) is 4.98 Å². The first-order valence-electron chi connectivity index (χ1n) is 11.3. The molecule has 0 aliphatic carbocycles. The monoisotopic (exact) mass is 439 g/mol. The van der Waals surface area contributed by atoms with E-state index >= 15 is 0 Å². The van der Waals surface area contributed by atoms with Gasteiger partial charge in [-0.05, 0) is 38.3 Å². The third kappa shape index (κ3) is 6.75. The van der Waals surface area contributed by atoms with Crippen LogP contribution in [0.1, 0.15) is 53.3 Å². The Balaban J connectivity index is 1.52. The van der Waals surface area contributed by atoms with Gasteiger partial charge in [0.25, 0.3) is 5.91 Å². The van der Waals surface area contributed by atoms with Crippen molar-refractivity contribution in [1.82, 2.24) is 24.8 Å². The van der Waals surface area contributed by atoms with E-state index in [2.05, 4.69) is 16.9 Å². The van der Waals surface area contributed by atoms with Crippen LogP contribution in [0.3, 0.4) is 0 Å². The second-order valence-corrected chi connectivity index (χ2v) is 8.06. The van der Waals surface area contributed by atoms with Crippen LogP contribution in [0.4, 0.5) is 0 Å². The number of carbonyl (C=O) groups is 2. The van der Waals surface area contributed by atoms with E-state index < -0.39 is 0 Å². The fourth-order valence-corrected chi connectivity index (χ4v) is 3.94. The van der Waals surface area contributed by atoms with Crippen molar-refractivity contribution in [3.8, 4) is 0 Å². The molecule has 8 heteroatoms. The van der Waals surface area contributed by atoms with Crippen LogP contribution in [0, 0.1) is 6.92 Å². The molecule has 3 heterocycles. The molecule has 1 fully saturated rings. The quantitative estimate of drug-likeness (QED) is 0.430. The second-order valence-electron chi connectivity index (χ2n) is 8.06. The van der Waals surface area contributed by atoms with E-state index in [1.165, 1.54) is 0 Å². The second kappa shape index (κ2) is 12.1. The molecular formula is C24H33N5O3. The molecule has 1 aliphatic heterocycles. The first-order valence-corrected chi connectivity index (χ1v) is 11.3. The molecule has 2 aromatic rings. The van der Waals surface area contributed by atoms with E-state index in [4.69, 9.17) is 9.72 Å². The van der Waals surface area contributed by atoms with Crippen molar-refractivity contribution in [2.75, 3.05) is 32.8 Å². The number of amides is 2. The SMILES string of the molecule is C=CCOCCC(=O)N1CCC(c2nc(C)ccc2C(=O)NCCCn2ccnc2)CC1. The predicted molar refractivity (Wildman–Crippen MR) is 122 cm³/mol. The highest BCUT2D eigenvalue weighted by Crippen LogP contribution is 2.29. The maximum absolute atomic E-state index is 12.9. The molecule has 0 bridgehead atoms. The number of imidazole rings is 1. The van der Waals surface area contributed by atoms with Crippen LogP contribution in [0.5, 0.6) is 0 Å². The minimum atomic E-state index is -0.0870. The van der Waals surface area contributed by atoms with E-state index in [9.17, 15) is 9.59 Å². The minimum absolute atomic E-state index is 0.0870. The number of piperidine rings is 1. The maximum atomic E-state index is 12.9. The lowest BCUT2D eigenvalue weighted by molar-refractivity contribution is -0.133. The molecule has 172 valence electrons. The summed E-state index contributed by atoms with van der Waals surface area (Å²) in [4.78, 5) is 35.9. The van der Waals surface area contributed by atoms with Gasteiger partial charge in [0.2, 0.25) is 5.91 Å². The summed E-state index contributed by atoms with van der Waals surface area (Å²) < 4.78 is 7.32. The number of likely N-dealkylation sites (tertiary alicyclic amines) is 1. The molecule has 0 atom stereocenters. The van der Waals surface area contributed by atoms with Crippen molar-refractivity contribution in [1.29, 1.82) is 0 Å². The van der Waals surface area contributed by atoms with E-state index in [-0.39, 0.29) is 17.7 Å². The van der Waals surface area contributed by atoms with E-state index in [1.807, 2.05) is 34.7 Å².